The Morgan fingerprint density at radius 2 is 1.08 bits per heavy atom. The molecule has 2 aliphatic rings. The van der Waals surface area contributed by atoms with Crippen molar-refractivity contribution < 1.29 is 67.8 Å². The first-order chi connectivity index (χ1) is 29.9. The Kier molecular flexibility index (Phi) is 30.8. The van der Waals surface area contributed by atoms with Gasteiger partial charge in [-0.3, -0.25) is 18.6 Å². The molecule has 6 N–H and O–H groups in total. The van der Waals surface area contributed by atoms with Gasteiger partial charge >= 0.3 is 19.8 Å². The molecule has 0 aromatic rings. The molecule has 0 amide bonds. The summed E-state index contributed by atoms with van der Waals surface area (Å²) in [6.07, 6.45) is 27.7. The maximum absolute atomic E-state index is 12.8. The molecule has 0 spiro atoms. The van der Waals surface area contributed by atoms with Crippen LogP contribution in [0.3, 0.4) is 0 Å². The molecular formula is C47H81O14P. The number of hydrogen-bond acceptors (Lipinski definition) is 13. The summed E-state index contributed by atoms with van der Waals surface area (Å²) in [5.74, 6) is -1.18. The third-order valence-electron chi connectivity index (χ3n) is 11.1. The third-order valence-corrected chi connectivity index (χ3v) is 12.1. The molecule has 1 aliphatic carbocycles. The number of esters is 2. The Morgan fingerprint density at radius 1 is 0.581 bits per heavy atom. The van der Waals surface area contributed by atoms with Crippen molar-refractivity contribution in [2.45, 2.75) is 223 Å². The molecular weight excluding hydrogens is 819 g/mol. The van der Waals surface area contributed by atoms with Gasteiger partial charge in [0.15, 0.2) is 6.10 Å². The molecule has 1 heterocycles. The van der Waals surface area contributed by atoms with Crippen LogP contribution in [0.4, 0.5) is 0 Å². The highest BCUT2D eigenvalue weighted by Crippen LogP contribution is 2.47. The number of carbonyl (C=O) groups excluding carboxylic acids is 2. The largest absolute Gasteiger partial charge is 0.472 e. The first kappa shape index (κ1) is 55.9. The smallest absolute Gasteiger partial charge is 0.462 e. The number of aliphatic hydroxyl groups is 5. The summed E-state index contributed by atoms with van der Waals surface area (Å²) in [6, 6.07) is 0. The molecule has 62 heavy (non-hydrogen) atoms. The molecule has 5 unspecified atom stereocenters. The third kappa shape index (κ3) is 25.9. The van der Waals surface area contributed by atoms with Gasteiger partial charge in [0.1, 0.15) is 43.2 Å². The maximum atomic E-state index is 12.8. The van der Waals surface area contributed by atoms with E-state index in [0.717, 1.165) is 57.8 Å². The van der Waals surface area contributed by atoms with Crippen molar-refractivity contribution in [3.05, 3.63) is 48.6 Å². The molecule has 10 atom stereocenters. The molecule has 0 aromatic heterocycles. The number of phosphoric ester groups is 1. The second kappa shape index (κ2) is 34.2. The van der Waals surface area contributed by atoms with Gasteiger partial charge in [-0.25, -0.2) is 4.57 Å². The fraction of sp³-hybridized carbons (Fsp3) is 0.787. The van der Waals surface area contributed by atoms with Crippen LogP contribution in [-0.4, -0.2) is 111 Å². The van der Waals surface area contributed by atoms with Gasteiger partial charge in [-0.2, -0.15) is 0 Å². The van der Waals surface area contributed by atoms with Crippen LogP contribution >= 0.6 is 7.82 Å². The van der Waals surface area contributed by atoms with Gasteiger partial charge in [0.05, 0.1) is 18.8 Å². The molecule has 1 saturated carbocycles. The van der Waals surface area contributed by atoms with E-state index in [4.69, 9.17) is 23.3 Å². The molecule has 0 radical (unpaired) electrons. The number of epoxide rings is 1. The highest BCUT2D eigenvalue weighted by atomic mass is 31.2. The van der Waals surface area contributed by atoms with Gasteiger partial charge in [0.2, 0.25) is 0 Å². The number of unbranched alkanes of at least 4 members (excludes halogenated alkanes) is 14. The van der Waals surface area contributed by atoms with Gasteiger partial charge < -0.3 is 44.6 Å². The van der Waals surface area contributed by atoms with Gasteiger partial charge in [-0.05, 0) is 70.6 Å². The molecule has 1 saturated heterocycles. The molecule has 2 fully saturated rings. The number of rotatable bonds is 37. The number of phosphoric acid groups is 1. The Morgan fingerprint density at radius 3 is 1.73 bits per heavy atom. The van der Waals surface area contributed by atoms with E-state index >= 15 is 0 Å². The van der Waals surface area contributed by atoms with Crippen molar-refractivity contribution in [2.75, 3.05) is 13.2 Å². The normalized spacial score (nSPS) is 25.5. The summed E-state index contributed by atoms with van der Waals surface area (Å²) >= 11 is 0. The summed E-state index contributed by atoms with van der Waals surface area (Å²) in [4.78, 5) is 35.7. The van der Waals surface area contributed by atoms with Crippen LogP contribution in [0, 0.1) is 0 Å². The quantitative estimate of drug-likeness (QED) is 0.0114. The van der Waals surface area contributed by atoms with E-state index in [1.54, 1.807) is 0 Å². The molecule has 15 heteroatoms. The highest BCUT2D eigenvalue weighted by Gasteiger charge is 2.51. The zero-order chi connectivity index (χ0) is 45.4. The second-order valence-corrected chi connectivity index (χ2v) is 18.0. The van der Waals surface area contributed by atoms with E-state index < -0.39 is 75.7 Å². The van der Waals surface area contributed by atoms with Crippen LogP contribution in [0.1, 0.15) is 168 Å². The fourth-order valence-corrected chi connectivity index (χ4v) is 8.11. The topological polar surface area (TPSA) is 222 Å². The van der Waals surface area contributed by atoms with Crippen LogP contribution in [-0.2, 0) is 37.4 Å². The molecule has 0 aromatic carbocycles. The van der Waals surface area contributed by atoms with Crippen LogP contribution in [0.25, 0.3) is 0 Å². The Hall–Kier alpha value is -2.23. The zero-order valence-electron chi connectivity index (χ0n) is 37.6. The van der Waals surface area contributed by atoms with Crippen molar-refractivity contribution in [2.24, 2.45) is 0 Å². The van der Waals surface area contributed by atoms with E-state index in [0.29, 0.717) is 31.5 Å². The summed E-state index contributed by atoms with van der Waals surface area (Å²) in [7, 11) is -5.14. The van der Waals surface area contributed by atoms with Gasteiger partial charge in [0, 0.05) is 12.8 Å². The molecule has 2 rings (SSSR count). The van der Waals surface area contributed by atoms with Crippen molar-refractivity contribution in [3.63, 3.8) is 0 Å². The maximum Gasteiger partial charge on any atom is 0.472 e. The summed E-state index contributed by atoms with van der Waals surface area (Å²) in [5.41, 5.74) is 0. The van der Waals surface area contributed by atoms with Crippen molar-refractivity contribution in [3.8, 4) is 0 Å². The van der Waals surface area contributed by atoms with Gasteiger partial charge in [-0.1, -0.05) is 133 Å². The van der Waals surface area contributed by atoms with E-state index in [-0.39, 0.29) is 12.8 Å². The van der Waals surface area contributed by atoms with E-state index in [1.807, 2.05) is 12.2 Å². The zero-order valence-corrected chi connectivity index (χ0v) is 38.5. The summed E-state index contributed by atoms with van der Waals surface area (Å²) < 4.78 is 39.2. The standard InChI is InChI=1S/C47H81O14P/c1-3-5-7-8-9-10-11-12-13-14-15-19-22-25-29-33-40(48)57-35-37(36-58-62(55,56)61-47-45(53)43(51)42(50)44(52)46(47)54)59-41(49)34-30-26-23-20-17-16-18-21-24-28-32-39-38(60-39)31-27-6-4-2/h10-11,16,18,20,23-24,28,37-39,42-47,50-54H,3-9,12-15,17,19,21-22,25-27,29-36H2,1-2H3,(H,55,56)/b11-10-,18-16-,23-20-,28-24-/t37-,38?,39?,42?,43-,44+,45-,46-,47?/m1/s1. The predicted octanol–water partition coefficient (Wildman–Crippen LogP) is 8.16. The predicted molar refractivity (Wildman–Crippen MR) is 239 cm³/mol. The Labute approximate surface area is 371 Å². The Bertz CT molecular complexity index is 1340. The molecule has 1 aliphatic heterocycles. The minimum absolute atomic E-state index is 0.0151. The monoisotopic (exact) mass is 901 g/mol. The van der Waals surface area contributed by atoms with Crippen LogP contribution < -0.4 is 0 Å². The van der Waals surface area contributed by atoms with E-state index in [2.05, 4.69) is 50.3 Å². The average molecular weight is 901 g/mol. The first-order valence-electron chi connectivity index (χ1n) is 23.6. The number of carbonyl (C=O) groups is 2. The van der Waals surface area contributed by atoms with E-state index in [1.165, 1.54) is 64.2 Å². The molecule has 358 valence electrons. The van der Waals surface area contributed by atoms with Crippen molar-refractivity contribution in [1.82, 2.24) is 0 Å². The lowest BCUT2D eigenvalue weighted by molar-refractivity contribution is -0.220. The van der Waals surface area contributed by atoms with Gasteiger partial charge in [-0.15, -0.1) is 0 Å². The lowest BCUT2D eigenvalue weighted by Gasteiger charge is -2.41. The lowest BCUT2D eigenvalue weighted by Crippen LogP contribution is -2.64. The summed E-state index contributed by atoms with van der Waals surface area (Å²) in [5, 5.41) is 50.2. The van der Waals surface area contributed by atoms with Gasteiger partial charge in [0.25, 0.3) is 0 Å². The van der Waals surface area contributed by atoms with Crippen LogP contribution in [0.15, 0.2) is 48.6 Å². The average Bonchev–Trinajstić information content (AvgIpc) is 4.01. The molecule has 0 bridgehead atoms. The number of ether oxygens (including phenoxy) is 3. The van der Waals surface area contributed by atoms with Crippen molar-refractivity contribution in [1.29, 1.82) is 0 Å². The second-order valence-electron chi connectivity index (χ2n) is 16.6. The first-order valence-corrected chi connectivity index (χ1v) is 25.1. The van der Waals surface area contributed by atoms with Crippen LogP contribution in [0.5, 0.6) is 0 Å². The minimum atomic E-state index is -5.14. The fourth-order valence-electron chi connectivity index (χ4n) is 7.13. The SMILES string of the molecule is CCCCCC/C=C\CCCCCCCCCC(=O)OC[C@H](COP(=O)(O)OC1[C@H](O)[C@H](O)C(O)[C@H](O)[C@H]1O)OC(=O)CCC/C=C\C/C=C\C/C=C\CC1OC1CCCCC. The lowest BCUT2D eigenvalue weighted by atomic mass is 9.85. The Balaban J connectivity index is 1.73. The highest BCUT2D eigenvalue weighted by molar-refractivity contribution is 7.47. The van der Waals surface area contributed by atoms with Crippen LogP contribution in [0.2, 0.25) is 0 Å². The van der Waals surface area contributed by atoms with Crippen molar-refractivity contribution >= 4 is 19.8 Å². The molecule has 14 nitrogen and oxygen atoms in total. The number of hydrogen-bond donors (Lipinski definition) is 6. The number of aliphatic hydroxyl groups excluding tert-OH is 5. The van der Waals surface area contributed by atoms with E-state index in [9.17, 15) is 44.6 Å². The minimum Gasteiger partial charge on any atom is -0.462 e. The number of allylic oxidation sites excluding steroid dienone is 7. The summed E-state index contributed by atoms with van der Waals surface area (Å²) in [6.45, 7) is 3.20.